The second kappa shape index (κ2) is 7.41. The van der Waals surface area contributed by atoms with E-state index in [0.29, 0.717) is 5.69 Å². The maximum atomic E-state index is 14.6. The number of anilines is 2. The van der Waals surface area contributed by atoms with Crippen molar-refractivity contribution in [2.75, 3.05) is 16.8 Å². The van der Waals surface area contributed by atoms with E-state index in [0.717, 1.165) is 33.5 Å². The summed E-state index contributed by atoms with van der Waals surface area (Å²) < 4.78 is 0. The van der Waals surface area contributed by atoms with E-state index in [1.807, 2.05) is 117 Å². The average Bonchev–Trinajstić information content (AvgIpc) is 3.11. The fourth-order valence-corrected chi connectivity index (χ4v) is 6.03. The molecular weight excluding hydrogens is 432 g/mol. The normalized spacial score (nSPS) is 20.2. The highest BCUT2D eigenvalue weighted by Crippen LogP contribution is 2.65. The SMILES string of the molecule is Cc1ccc(C2(c3ccc(C)cc3)C(=O)N(c3ccccc3)C23C(=O)N(C)c2ccccc23)cc1. The van der Waals surface area contributed by atoms with Gasteiger partial charge < -0.3 is 4.90 Å². The maximum absolute atomic E-state index is 14.6. The van der Waals surface area contributed by atoms with Gasteiger partial charge in [-0.1, -0.05) is 96.1 Å². The molecule has 35 heavy (non-hydrogen) atoms. The number of β-lactam (4-membered cyclic amide) rings is 1. The third-order valence-corrected chi connectivity index (χ3v) is 7.65. The molecule has 0 bridgehead atoms. The Bertz CT molecular complexity index is 1410. The molecule has 4 aromatic carbocycles. The predicted octanol–water partition coefficient (Wildman–Crippen LogP) is 5.51. The molecule has 172 valence electrons. The molecule has 2 amide bonds. The van der Waals surface area contributed by atoms with Gasteiger partial charge in [0.15, 0.2) is 5.54 Å². The molecule has 1 saturated heterocycles. The number of fused-ring (bicyclic) bond motifs is 2. The van der Waals surface area contributed by atoms with Crippen LogP contribution in [0.3, 0.4) is 0 Å². The monoisotopic (exact) mass is 458 g/mol. The van der Waals surface area contributed by atoms with Crippen molar-refractivity contribution in [3.8, 4) is 0 Å². The van der Waals surface area contributed by atoms with Gasteiger partial charge in [0, 0.05) is 24.0 Å². The molecule has 0 N–H and O–H groups in total. The van der Waals surface area contributed by atoms with Gasteiger partial charge in [0.2, 0.25) is 5.91 Å². The van der Waals surface area contributed by atoms with Crippen LogP contribution in [0.25, 0.3) is 0 Å². The summed E-state index contributed by atoms with van der Waals surface area (Å²) in [6, 6.07) is 33.5. The van der Waals surface area contributed by atoms with Crippen molar-refractivity contribution < 1.29 is 9.59 Å². The van der Waals surface area contributed by atoms with Gasteiger partial charge >= 0.3 is 0 Å². The Balaban J connectivity index is 1.76. The summed E-state index contributed by atoms with van der Waals surface area (Å²) in [6.07, 6.45) is 0. The molecule has 0 aliphatic carbocycles. The second-order valence-corrected chi connectivity index (χ2v) is 9.55. The molecule has 1 unspecified atom stereocenters. The second-order valence-electron chi connectivity index (χ2n) is 9.55. The maximum Gasteiger partial charge on any atom is 0.259 e. The van der Waals surface area contributed by atoms with Crippen molar-refractivity contribution in [1.29, 1.82) is 0 Å². The van der Waals surface area contributed by atoms with Crippen molar-refractivity contribution in [2.45, 2.75) is 24.8 Å². The highest BCUT2D eigenvalue weighted by atomic mass is 16.2. The molecule has 2 aliphatic heterocycles. The molecule has 2 heterocycles. The van der Waals surface area contributed by atoms with Gasteiger partial charge in [-0.25, -0.2) is 0 Å². The van der Waals surface area contributed by atoms with Crippen LogP contribution in [0.2, 0.25) is 0 Å². The summed E-state index contributed by atoms with van der Waals surface area (Å²) in [6.45, 7) is 4.06. The number of likely N-dealkylation sites (N-methyl/N-ethyl adjacent to an activating group) is 1. The van der Waals surface area contributed by atoms with E-state index >= 15 is 0 Å². The Morgan fingerprint density at radius 2 is 1.11 bits per heavy atom. The predicted molar refractivity (Wildman–Crippen MR) is 139 cm³/mol. The molecule has 2 aliphatic rings. The number of aryl methyl sites for hydroxylation is 2. The largest absolute Gasteiger partial charge is 0.313 e. The van der Waals surface area contributed by atoms with Crippen LogP contribution in [-0.2, 0) is 20.5 Å². The van der Waals surface area contributed by atoms with Gasteiger partial charge in [-0.15, -0.1) is 0 Å². The molecule has 1 spiro atoms. The number of para-hydroxylation sites is 2. The third kappa shape index (κ3) is 2.51. The van der Waals surface area contributed by atoms with Gasteiger partial charge in [-0.05, 0) is 43.2 Å². The topological polar surface area (TPSA) is 40.6 Å². The van der Waals surface area contributed by atoms with Gasteiger partial charge in [0.1, 0.15) is 5.41 Å². The van der Waals surface area contributed by atoms with Crippen molar-refractivity contribution in [3.63, 3.8) is 0 Å². The zero-order valence-electron chi connectivity index (χ0n) is 20.0. The van der Waals surface area contributed by atoms with E-state index in [2.05, 4.69) is 0 Å². The Morgan fingerprint density at radius 3 is 1.69 bits per heavy atom. The summed E-state index contributed by atoms with van der Waals surface area (Å²) >= 11 is 0. The Kier molecular flexibility index (Phi) is 4.52. The fraction of sp³-hybridized carbons (Fsp3) is 0.161. The van der Waals surface area contributed by atoms with E-state index in [1.54, 1.807) is 16.8 Å². The number of rotatable bonds is 3. The number of hydrogen-bond donors (Lipinski definition) is 0. The average molecular weight is 459 g/mol. The lowest BCUT2D eigenvalue weighted by Gasteiger charge is -2.62. The number of carbonyl (C=O) groups excluding carboxylic acids is 2. The lowest BCUT2D eigenvalue weighted by atomic mass is 9.51. The first-order valence-electron chi connectivity index (χ1n) is 11.9. The molecule has 0 saturated carbocycles. The van der Waals surface area contributed by atoms with Crippen LogP contribution in [0.15, 0.2) is 103 Å². The number of carbonyl (C=O) groups is 2. The Morgan fingerprint density at radius 1 is 0.600 bits per heavy atom. The summed E-state index contributed by atoms with van der Waals surface area (Å²) in [7, 11) is 1.80. The van der Waals surface area contributed by atoms with Crippen LogP contribution in [0.1, 0.15) is 27.8 Å². The molecular formula is C31H26N2O2. The Hall–Kier alpha value is -4.18. The van der Waals surface area contributed by atoms with Crippen LogP contribution in [-0.4, -0.2) is 18.9 Å². The molecule has 4 aromatic rings. The highest BCUT2D eigenvalue weighted by molar-refractivity contribution is 6.28. The molecule has 1 fully saturated rings. The summed E-state index contributed by atoms with van der Waals surface area (Å²) in [5.74, 6) is -0.210. The van der Waals surface area contributed by atoms with Crippen molar-refractivity contribution in [1.82, 2.24) is 0 Å². The number of nitrogens with zero attached hydrogens (tertiary/aromatic N) is 2. The lowest BCUT2D eigenvalue weighted by Crippen LogP contribution is -2.81. The van der Waals surface area contributed by atoms with Gasteiger partial charge in [-0.2, -0.15) is 0 Å². The first-order valence-corrected chi connectivity index (χ1v) is 11.9. The summed E-state index contributed by atoms with van der Waals surface area (Å²) in [4.78, 5) is 32.6. The van der Waals surface area contributed by atoms with Crippen LogP contribution in [0, 0.1) is 13.8 Å². The van der Waals surface area contributed by atoms with Crippen molar-refractivity contribution in [2.24, 2.45) is 0 Å². The van der Waals surface area contributed by atoms with E-state index in [9.17, 15) is 9.59 Å². The zero-order valence-corrected chi connectivity index (χ0v) is 20.0. The minimum Gasteiger partial charge on any atom is -0.313 e. The smallest absolute Gasteiger partial charge is 0.259 e. The Labute approximate surface area is 205 Å². The molecule has 0 radical (unpaired) electrons. The minimum absolute atomic E-state index is 0.102. The van der Waals surface area contributed by atoms with E-state index in [-0.39, 0.29) is 11.8 Å². The lowest BCUT2D eigenvalue weighted by molar-refractivity contribution is -0.145. The van der Waals surface area contributed by atoms with Crippen molar-refractivity contribution in [3.05, 3.63) is 131 Å². The molecule has 4 heteroatoms. The van der Waals surface area contributed by atoms with Gasteiger partial charge in [0.25, 0.3) is 5.91 Å². The zero-order chi connectivity index (χ0) is 24.4. The van der Waals surface area contributed by atoms with E-state index in [1.165, 1.54) is 0 Å². The van der Waals surface area contributed by atoms with Crippen LogP contribution in [0.4, 0.5) is 11.4 Å². The van der Waals surface area contributed by atoms with Crippen LogP contribution < -0.4 is 9.80 Å². The minimum atomic E-state index is -1.25. The first kappa shape index (κ1) is 21.4. The van der Waals surface area contributed by atoms with Crippen LogP contribution in [0.5, 0.6) is 0 Å². The van der Waals surface area contributed by atoms with Gasteiger partial charge in [0.05, 0.1) is 0 Å². The number of hydrogen-bond acceptors (Lipinski definition) is 2. The highest BCUT2D eigenvalue weighted by Gasteiger charge is 2.80. The fourth-order valence-electron chi connectivity index (χ4n) is 6.03. The molecule has 4 nitrogen and oxygen atoms in total. The van der Waals surface area contributed by atoms with Gasteiger partial charge in [-0.3, -0.25) is 14.5 Å². The number of benzene rings is 4. The summed E-state index contributed by atoms with van der Waals surface area (Å²) in [5.41, 5.74) is 3.78. The van der Waals surface area contributed by atoms with Crippen LogP contribution >= 0.6 is 0 Å². The third-order valence-electron chi connectivity index (χ3n) is 7.65. The quantitative estimate of drug-likeness (QED) is 0.380. The standard InChI is InChI=1S/C31H26N2O2/c1-21-13-17-23(18-14-21)30(24-19-15-22(2)16-20-24)28(34)33(25-9-5-4-6-10-25)31(30)26-11-7-8-12-27(26)32(3)29(31)35/h4-20H,1-3H3. The molecule has 1 atom stereocenters. The van der Waals surface area contributed by atoms with E-state index in [4.69, 9.17) is 0 Å². The first-order chi connectivity index (χ1) is 16.9. The van der Waals surface area contributed by atoms with E-state index < -0.39 is 11.0 Å². The molecule has 6 rings (SSSR count). The summed E-state index contributed by atoms with van der Waals surface area (Å²) in [5, 5.41) is 0. The molecule has 0 aromatic heterocycles. The van der Waals surface area contributed by atoms with Crippen molar-refractivity contribution >= 4 is 23.2 Å². The number of amides is 2.